The molecule has 0 fully saturated rings. The molecule has 0 aliphatic heterocycles. The molecule has 0 amide bonds. The number of rotatable bonds is 6. The molecule has 39 heavy (non-hydrogen) atoms. The summed E-state index contributed by atoms with van der Waals surface area (Å²) >= 11 is 0. The van der Waals surface area contributed by atoms with Gasteiger partial charge in [-0.25, -0.2) is 0 Å². The van der Waals surface area contributed by atoms with Crippen LogP contribution in [-0.4, -0.2) is 7.05 Å². The Morgan fingerprint density at radius 1 is 0.487 bits per heavy atom. The van der Waals surface area contributed by atoms with E-state index in [1.807, 2.05) is 31.3 Å². The van der Waals surface area contributed by atoms with Crippen molar-refractivity contribution in [3.63, 3.8) is 0 Å². The fraction of sp³-hybridized carbons (Fsp3) is 0.0278. The van der Waals surface area contributed by atoms with Crippen molar-refractivity contribution in [3.05, 3.63) is 151 Å². The van der Waals surface area contributed by atoms with Gasteiger partial charge in [0, 0.05) is 35.2 Å². The average Bonchev–Trinajstić information content (AvgIpc) is 3.02. The molecule has 0 aliphatic carbocycles. The summed E-state index contributed by atoms with van der Waals surface area (Å²) < 4.78 is 0. The van der Waals surface area contributed by atoms with Crippen LogP contribution in [-0.2, 0) is 0 Å². The standard InChI is InChI=1S/C36H27N3/c1-38(31-20-14-27(26-37)15-21-31)32-22-16-28(17-23-32)29-18-24-34(25-19-29)39(33-10-3-2-4-11-33)36-13-7-9-30-8-5-6-12-35(30)36/h2-25H,1H3. The summed E-state index contributed by atoms with van der Waals surface area (Å²) in [6, 6.07) is 52.7. The fourth-order valence-corrected chi connectivity index (χ4v) is 5.00. The molecule has 0 saturated heterocycles. The summed E-state index contributed by atoms with van der Waals surface area (Å²) in [5, 5.41) is 11.5. The molecule has 0 bridgehead atoms. The lowest BCUT2D eigenvalue weighted by Crippen LogP contribution is -2.10. The molecule has 6 rings (SSSR count). The van der Waals surface area contributed by atoms with Crippen molar-refractivity contribution in [2.75, 3.05) is 16.8 Å². The largest absolute Gasteiger partial charge is 0.345 e. The SMILES string of the molecule is CN(c1ccc(C#N)cc1)c1ccc(-c2ccc(N(c3ccccc3)c3cccc4ccccc34)cc2)cc1. The van der Waals surface area contributed by atoms with E-state index in [1.165, 1.54) is 10.8 Å². The van der Waals surface area contributed by atoms with Gasteiger partial charge in [-0.05, 0) is 83.2 Å². The summed E-state index contributed by atoms with van der Waals surface area (Å²) in [4.78, 5) is 4.44. The van der Waals surface area contributed by atoms with Crippen LogP contribution in [0.2, 0.25) is 0 Å². The first-order valence-electron chi connectivity index (χ1n) is 13.0. The minimum atomic E-state index is 0.664. The van der Waals surface area contributed by atoms with Crippen molar-refractivity contribution in [2.24, 2.45) is 0 Å². The lowest BCUT2D eigenvalue weighted by molar-refractivity contribution is 1.21. The number of hydrogen-bond donors (Lipinski definition) is 0. The van der Waals surface area contributed by atoms with E-state index in [4.69, 9.17) is 5.26 Å². The zero-order chi connectivity index (χ0) is 26.6. The smallest absolute Gasteiger partial charge is 0.0991 e. The van der Waals surface area contributed by atoms with Crippen molar-refractivity contribution in [3.8, 4) is 17.2 Å². The van der Waals surface area contributed by atoms with Crippen molar-refractivity contribution >= 4 is 39.2 Å². The number of para-hydroxylation sites is 1. The highest BCUT2D eigenvalue weighted by atomic mass is 15.1. The maximum Gasteiger partial charge on any atom is 0.0991 e. The molecule has 0 radical (unpaired) electrons. The summed E-state index contributed by atoms with van der Waals surface area (Å²) in [5.74, 6) is 0. The van der Waals surface area contributed by atoms with Gasteiger partial charge in [0.2, 0.25) is 0 Å². The normalized spacial score (nSPS) is 10.7. The number of benzene rings is 6. The summed E-state index contributed by atoms with van der Waals surface area (Å²) in [6.45, 7) is 0. The number of fused-ring (bicyclic) bond motifs is 1. The molecular weight excluding hydrogens is 474 g/mol. The van der Waals surface area contributed by atoms with Gasteiger partial charge < -0.3 is 9.80 Å². The second kappa shape index (κ2) is 10.6. The van der Waals surface area contributed by atoms with Crippen molar-refractivity contribution in [1.82, 2.24) is 0 Å². The van der Waals surface area contributed by atoms with Crippen LogP contribution in [0.3, 0.4) is 0 Å². The van der Waals surface area contributed by atoms with Crippen LogP contribution in [0.4, 0.5) is 28.4 Å². The predicted molar refractivity (Wildman–Crippen MR) is 163 cm³/mol. The molecule has 0 unspecified atom stereocenters. The number of nitriles is 1. The van der Waals surface area contributed by atoms with E-state index in [9.17, 15) is 0 Å². The Bertz CT molecular complexity index is 1740. The van der Waals surface area contributed by atoms with E-state index >= 15 is 0 Å². The third kappa shape index (κ3) is 4.84. The molecule has 6 aromatic carbocycles. The minimum Gasteiger partial charge on any atom is -0.345 e. The topological polar surface area (TPSA) is 30.3 Å². The molecule has 6 aromatic rings. The molecule has 3 heteroatoms. The van der Waals surface area contributed by atoms with Crippen LogP contribution in [0, 0.1) is 11.3 Å². The zero-order valence-corrected chi connectivity index (χ0v) is 21.7. The Kier molecular flexibility index (Phi) is 6.52. The van der Waals surface area contributed by atoms with Crippen LogP contribution in [0.25, 0.3) is 21.9 Å². The highest BCUT2D eigenvalue weighted by Crippen LogP contribution is 2.39. The lowest BCUT2D eigenvalue weighted by atomic mass is 10.0. The summed E-state index contributed by atoms with van der Waals surface area (Å²) in [7, 11) is 2.04. The fourth-order valence-electron chi connectivity index (χ4n) is 5.00. The molecule has 0 saturated carbocycles. The molecule has 186 valence electrons. The first-order chi connectivity index (χ1) is 19.2. The van der Waals surface area contributed by atoms with Crippen LogP contribution in [0.15, 0.2) is 146 Å². The maximum absolute atomic E-state index is 9.06. The van der Waals surface area contributed by atoms with E-state index in [2.05, 4.69) is 137 Å². The average molecular weight is 502 g/mol. The third-order valence-corrected chi connectivity index (χ3v) is 7.12. The molecule has 0 aromatic heterocycles. The van der Waals surface area contributed by atoms with Gasteiger partial charge in [0.25, 0.3) is 0 Å². The number of hydrogen-bond acceptors (Lipinski definition) is 3. The van der Waals surface area contributed by atoms with E-state index in [-0.39, 0.29) is 0 Å². The number of nitrogens with zero attached hydrogens (tertiary/aromatic N) is 3. The van der Waals surface area contributed by atoms with Crippen molar-refractivity contribution in [1.29, 1.82) is 5.26 Å². The molecule has 0 aliphatic rings. The Labute approximate surface area is 229 Å². The summed E-state index contributed by atoms with van der Waals surface area (Å²) in [6.07, 6.45) is 0. The van der Waals surface area contributed by atoms with Gasteiger partial charge in [-0.3, -0.25) is 0 Å². The van der Waals surface area contributed by atoms with Gasteiger partial charge in [0.15, 0.2) is 0 Å². The first-order valence-corrected chi connectivity index (χ1v) is 13.0. The number of anilines is 5. The Balaban J connectivity index is 1.31. The van der Waals surface area contributed by atoms with Crippen LogP contribution >= 0.6 is 0 Å². The Hall–Kier alpha value is -5.33. The quantitative estimate of drug-likeness (QED) is 0.228. The molecular formula is C36H27N3. The van der Waals surface area contributed by atoms with Gasteiger partial charge in [0.05, 0.1) is 17.3 Å². The van der Waals surface area contributed by atoms with Gasteiger partial charge >= 0.3 is 0 Å². The lowest BCUT2D eigenvalue weighted by Gasteiger charge is -2.27. The third-order valence-electron chi connectivity index (χ3n) is 7.12. The van der Waals surface area contributed by atoms with Gasteiger partial charge in [0.1, 0.15) is 0 Å². The molecule has 0 heterocycles. The predicted octanol–water partition coefficient (Wildman–Crippen LogP) is 9.62. The van der Waals surface area contributed by atoms with E-state index in [0.717, 1.165) is 39.6 Å². The van der Waals surface area contributed by atoms with Crippen LogP contribution in [0.5, 0.6) is 0 Å². The minimum absolute atomic E-state index is 0.664. The molecule has 0 N–H and O–H groups in total. The molecule has 0 atom stereocenters. The summed E-state index contributed by atoms with van der Waals surface area (Å²) in [5.41, 5.74) is 8.51. The molecule has 3 nitrogen and oxygen atoms in total. The van der Waals surface area contributed by atoms with Gasteiger partial charge in [-0.2, -0.15) is 5.26 Å². The van der Waals surface area contributed by atoms with E-state index in [1.54, 1.807) is 0 Å². The first kappa shape index (κ1) is 24.0. The van der Waals surface area contributed by atoms with Crippen LogP contribution < -0.4 is 9.80 Å². The second-order valence-corrected chi connectivity index (χ2v) is 9.48. The highest BCUT2D eigenvalue weighted by molar-refractivity contribution is 5.98. The molecule has 0 spiro atoms. The highest BCUT2D eigenvalue weighted by Gasteiger charge is 2.15. The Morgan fingerprint density at radius 3 is 1.64 bits per heavy atom. The zero-order valence-electron chi connectivity index (χ0n) is 21.7. The second-order valence-electron chi connectivity index (χ2n) is 9.48. The Morgan fingerprint density at radius 2 is 1.00 bits per heavy atom. The van der Waals surface area contributed by atoms with Crippen molar-refractivity contribution in [2.45, 2.75) is 0 Å². The van der Waals surface area contributed by atoms with Crippen LogP contribution in [0.1, 0.15) is 5.56 Å². The van der Waals surface area contributed by atoms with E-state index in [0.29, 0.717) is 5.56 Å². The van der Waals surface area contributed by atoms with Gasteiger partial charge in [-0.15, -0.1) is 0 Å². The van der Waals surface area contributed by atoms with Crippen molar-refractivity contribution < 1.29 is 0 Å². The monoisotopic (exact) mass is 501 g/mol. The van der Waals surface area contributed by atoms with Gasteiger partial charge in [-0.1, -0.05) is 78.9 Å². The van der Waals surface area contributed by atoms with E-state index < -0.39 is 0 Å². The maximum atomic E-state index is 9.06.